The lowest BCUT2D eigenvalue weighted by molar-refractivity contribution is -0.160. The maximum atomic E-state index is 14.7. The summed E-state index contributed by atoms with van der Waals surface area (Å²) in [4.78, 5) is 45.9. The Bertz CT molecular complexity index is 1420. The van der Waals surface area contributed by atoms with Gasteiger partial charge < -0.3 is 24.4 Å². The van der Waals surface area contributed by atoms with Gasteiger partial charge >= 0.3 is 5.97 Å². The minimum atomic E-state index is -1.40. The molecule has 4 aliphatic heterocycles. The summed E-state index contributed by atoms with van der Waals surface area (Å²) in [5, 5.41) is 12.5. The number of carbonyl (C=O) groups excluding carboxylic acids is 3. The Morgan fingerprint density at radius 3 is 2.52 bits per heavy atom. The molecule has 4 aliphatic rings. The van der Waals surface area contributed by atoms with Crippen molar-refractivity contribution in [2.24, 2.45) is 17.8 Å². The molecule has 8 nitrogen and oxygen atoms in total. The van der Waals surface area contributed by atoms with Crippen molar-refractivity contribution >= 4 is 34.2 Å². The highest BCUT2D eigenvalue weighted by atomic mass is 16.6. The number of carbonyl (C=O) groups is 3. The molecule has 6 atom stereocenters. The van der Waals surface area contributed by atoms with Crippen LogP contribution in [0.2, 0.25) is 0 Å². The molecule has 1 unspecified atom stereocenters. The van der Waals surface area contributed by atoms with Gasteiger partial charge in [-0.15, -0.1) is 0 Å². The van der Waals surface area contributed by atoms with Crippen LogP contribution in [0.5, 0.6) is 0 Å². The van der Waals surface area contributed by atoms with Crippen molar-refractivity contribution in [1.82, 2.24) is 4.90 Å². The van der Waals surface area contributed by atoms with E-state index in [-0.39, 0.29) is 37.5 Å². The first-order valence-corrected chi connectivity index (χ1v) is 14.2. The van der Waals surface area contributed by atoms with Crippen LogP contribution < -0.4 is 4.90 Å². The zero-order valence-corrected chi connectivity index (χ0v) is 23.2. The van der Waals surface area contributed by atoms with Crippen LogP contribution in [0, 0.1) is 17.8 Å². The van der Waals surface area contributed by atoms with Crippen LogP contribution >= 0.6 is 0 Å². The Labute approximate surface area is 234 Å². The molecule has 2 fully saturated rings. The quantitative estimate of drug-likeness (QED) is 0.467. The Morgan fingerprint density at radius 2 is 1.77 bits per heavy atom. The van der Waals surface area contributed by atoms with Crippen LogP contribution in [0.3, 0.4) is 0 Å². The molecule has 2 saturated heterocycles. The van der Waals surface area contributed by atoms with Crippen LogP contribution in [-0.2, 0) is 23.9 Å². The number of hydrogen-bond donors (Lipinski definition) is 1. The van der Waals surface area contributed by atoms with Gasteiger partial charge in [-0.1, -0.05) is 68.5 Å². The van der Waals surface area contributed by atoms with E-state index >= 15 is 0 Å². The predicted octanol–water partition coefficient (Wildman–Crippen LogP) is 3.62. The average molecular weight is 545 g/mol. The van der Waals surface area contributed by atoms with E-state index in [4.69, 9.17) is 9.47 Å². The fraction of sp³-hybridized carbons (Fsp3) is 0.469. The summed E-state index contributed by atoms with van der Waals surface area (Å²) < 4.78 is 12.5. The van der Waals surface area contributed by atoms with Crippen molar-refractivity contribution < 1.29 is 29.0 Å². The van der Waals surface area contributed by atoms with Crippen molar-refractivity contribution in [2.45, 2.75) is 56.9 Å². The largest absolute Gasteiger partial charge is 0.465 e. The summed E-state index contributed by atoms with van der Waals surface area (Å²) >= 11 is 0. The van der Waals surface area contributed by atoms with Gasteiger partial charge in [0.15, 0.2) is 0 Å². The maximum absolute atomic E-state index is 14.7. The Kier molecular flexibility index (Phi) is 6.58. The lowest BCUT2D eigenvalue weighted by atomic mass is 9.74. The van der Waals surface area contributed by atoms with E-state index in [2.05, 4.69) is 0 Å². The third-order valence-electron chi connectivity index (χ3n) is 9.05. The summed E-state index contributed by atoms with van der Waals surface area (Å²) in [6.45, 7) is 5.85. The second kappa shape index (κ2) is 9.85. The number of rotatable bonds is 4. The number of hydrogen-bond acceptors (Lipinski definition) is 6. The first kappa shape index (κ1) is 26.7. The van der Waals surface area contributed by atoms with E-state index in [0.29, 0.717) is 18.5 Å². The highest BCUT2D eigenvalue weighted by Crippen LogP contribution is 2.58. The zero-order chi connectivity index (χ0) is 28.2. The molecule has 6 rings (SSSR count). The van der Waals surface area contributed by atoms with Crippen LogP contribution in [0.15, 0.2) is 66.8 Å². The van der Waals surface area contributed by atoms with Crippen molar-refractivity contribution in [3.05, 3.63) is 66.8 Å². The summed E-state index contributed by atoms with van der Waals surface area (Å²) in [6, 6.07) is 12.1. The van der Waals surface area contributed by atoms with Crippen LogP contribution in [0.1, 0.15) is 33.6 Å². The van der Waals surface area contributed by atoms with E-state index < -0.39 is 41.1 Å². The minimum Gasteiger partial charge on any atom is -0.465 e. The van der Waals surface area contributed by atoms with Gasteiger partial charge in [0.05, 0.1) is 30.8 Å². The molecule has 8 heteroatoms. The van der Waals surface area contributed by atoms with E-state index in [1.165, 1.54) is 4.90 Å². The second-order valence-electron chi connectivity index (χ2n) is 11.8. The first-order valence-electron chi connectivity index (χ1n) is 14.2. The summed E-state index contributed by atoms with van der Waals surface area (Å²) in [5.74, 6) is -3.21. The molecular weight excluding hydrogens is 508 g/mol. The number of aliphatic hydroxyl groups is 1. The number of ether oxygens (including phenoxy) is 2. The molecule has 0 aromatic heterocycles. The van der Waals surface area contributed by atoms with Gasteiger partial charge in [-0.2, -0.15) is 0 Å². The normalized spacial score (nSPS) is 33.5. The number of nitrogens with zero attached hydrogens (tertiary/aromatic N) is 2. The van der Waals surface area contributed by atoms with Crippen LogP contribution in [-0.4, -0.2) is 70.8 Å². The average Bonchev–Trinajstić information content (AvgIpc) is 3.28. The van der Waals surface area contributed by atoms with Gasteiger partial charge in [-0.3, -0.25) is 14.4 Å². The minimum absolute atomic E-state index is 0.141. The Balaban J connectivity index is 1.51. The second-order valence-corrected chi connectivity index (χ2v) is 11.8. The number of likely N-dealkylation sites (tertiary alicyclic amines) is 1. The SMILES string of the molecule is CC(C)[C@H](CO)N1C(=O)[C@@H]2[C@H]3C(=O)OCCC/C=C\[C@@]3(C)O[C@@]23C=CCN(c2ccc4ccccc4c2)C(=O)C13. The molecule has 4 heterocycles. The van der Waals surface area contributed by atoms with Crippen molar-refractivity contribution in [3.8, 4) is 0 Å². The standard InChI is InChI=1S/C32H36N2O6/c1-20(2)24(19-35)34-27-29(37)33(23-13-12-21-10-5-6-11-22(21)18-23)16-9-15-32(27)25(28(34)36)26-30(38)39-17-8-4-7-14-31(26,3)40-32/h5-7,9-15,18,20,24-27,35H,4,8,16-17,19H2,1-3H3/b14-7-/t24-,25-,26-,27?,31+,32-/m0/s1. The third kappa shape index (κ3) is 3.91. The number of benzene rings is 2. The molecule has 0 saturated carbocycles. The molecule has 210 valence electrons. The first-order chi connectivity index (χ1) is 19.2. The lowest BCUT2D eigenvalue weighted by Gasteiger charge is -2.41. The topological polar surface area (TPSA) is 96.4 Å². The molecule has 1 N–H and O–H groups in total. The predicted molar refractivity (Wildman–Crippen MR) is 150 cm³/mol. The molecule has 2 aromatic carbocycles. The highest BCUT2D eigenvalue weighted by Gasteiger charge is 2.75. The zero-order valence-electron chi connectivity index (χ0n) is 23.2. The van der Waals surface area contributed by atoms with Crippen molar-refractivity contribution in [2.75, 3.05) is 24.7 Å². The number of cyclic esters (lactones) is 1. The van der Waals surface area contributed by atoms with E-state index in [0.717, 1.165) is 10.8 Å². The third-order valence-corrected chi connectivity index (χ3v) is 9.05. The molecule has 40 heavy (non-hydrogen) atoms. The van der Waals surface area contributed by atoms with Gasteiger partial charge in [-0.05, 0) is 48.6 Å². The van der Waals surface area contributed by atoms with Crippen LogP contribution in [0.4, 0.5) is 5.69 Å². The fourth-order valence-corrected chi connectivity index (χ4v) is 7.13. The summed E-state index contributed by atoms with van der Waals surface area (Å²) in [6.07, 6.45) is 8.91. The molecule has 2 aromatic rings. The molecular formula is C32H36N2O6. The van der Waals surface area contributed by atoms with E-state index in [1.54, 1.807) is 11.8 Å². The highest BCUT2D eigenvalue weighted by molar-refractivity contribution is 6.06. The van der Waals surface area contributed by atoms with Gasteiger partial charge in [-0.25, -0.2) is 0 Å². The molecule has 2 amide bonds. The maximum Gasteiger partial charge on any atom is 0.313 e. The number of allylic oxidation sites excluding steroid dienone is 1. The Hall–Kier alpha value is -3.49. The van der Waals surface area contributed by atoms with E-state index in [9.17, 15) is 19.5 Å². The molecule has 1 spiro atoms. The van der Waals surface area contributed by atoms with Gasteiger partial charge in [0, 0.05) is 12.2 Å². The van der Waals surface area contributed by atoms with Crippen LogP contribution in [0.25, 0.3) is 10.8 Å². The number of fused-ring (bicyclic) bond motifs is 3. The number of esters is 1. The van der Waals surface area contributed by atoms with Crippen molar-refractivity contribution in [3.63, 3.8) is 0 Å². The van der Waals surface area contributed by atoms with Gasteiger partial charge in [0.1, 0.15) is 17.6 Å². The molecule has 0 aliphatic carbocycles. The molecule has 0 radical (unpaired) electrons. The number of aliphatic hydroxyl groups excluding tert-OH is 1. The number of amides is 2. The smallest absolute Gasteiger partial charge is 0.313 e. The summed E-state index contributed by atoms with van der Waals surface area (Å²) in [7, 11) is 0. The van der Waals surface area contributed by atoms with Gasteiger partial charge in [0.2, 0.25) is 5.91 Å². The van der Waals surface area contributed by atoms with E-state index in [1.807, 2.05) is 80.6 Å². The molecule has 0 bridgehead atoms. The van der Waals surface area contributed by atoms with Gasteiger partial charge in [0.25, 0.3) is 5.91 Å². The van der Waals surface area contributed by atoms with Crippen molar-refractivity contribution in [1.29, 1.82) is 0 Å². The Morgan fingerprint density at radius 1 is 1.00 bits per heavy atom. The lowest BCUT2D eigenvalue weighted by Crippen LogP contribution is -2.59. The summed E-state index contributed by atoms with van der Waals surface area (Å²) in [5.41, 5.74) is -1.83. The fourth-order valence-electron chi connectivity index (χ4n) is 7.13. The number of anilines is 1. The monoisotopic (exact) mass is 544 g/mol.